The minimum atomic E-state index is -0.413. The van der Waals surface area contributed by atoms with Crippen molar-refractivity contribution < 1.29 is 23.5 Å². The molecular formula is C20H20N2O5. The average Bonchev–Trinajstić information content (AvgIpc) is 3.06. The predicted octanol–water partition coefficient (Wildman–Crippen LogP) is 2.69. The molecule has 2 amide bonds. The second-order valence-electron chi connectivity index (χ2n) is 6.82. The Balaban J connectivity index is 1.27. The molecule has 4 rings (SSSR count). The van der Waals surface area contributed by atoms with Gasteiger partial charge in [-0.2, -0.15) is 0 Å². The molecule has 1 aromatic carbocycles. The van der Waals surface area contributed by atoms with E-state index >= 15 is 0 Å². The highest BCUT2D eigenvalue weighted by Crippen LogP contribution is 2.48. The molecule has 1 saturated carbocycles. The fourth-order valence-electron chi connectivity index (χ4n) is 3.39. The lowest BCUT2D eigenvalue weighted by molar-refractivity contribution is -0.148. The van der Waals surface area contributed by atoms with Crippen LogP contribution in [0.15, 0.2) is 47.1 Å². The molecule has 0 unspecified atom stereocenters. The molecule has 1 aliphatic carbocycles. The van der Waals surface area contributed by atoms with Crippen LogP contribution in [0.25, 0.3) is 0 Å². The molecule has 7 nitrogen and oxygen atoms in total. The van der Waals surface area contributed by atoms with Gasteiger partial charge in [-0.25, -0.2) is 0 Å². The minimum absolute atomic E-state index is 0.0465. The van der Waals surface area contributed by atoms with Crippen molar-refractivity contribution >= 4 is 29.2 Å². The van der Waals surface area contributed by atoms with Gasteiger partial charge in [-0.05, 0) is 43.2 Å². The third kappa shape index (κ3) is 3.86. The highest BCUT2D eigenvalue weighted by atomic mass is 16.5. The number of carbonyl (C=O) groups is 3. The standard InChI is InChI=1S/C20H20N2O5/c23-18(12-27-20(25)16-11-15(16)17-6-3-9-26-17)21-13-4-1-5-14(10-13)22-8-2-7-19(22)24/h1,3-6,9-10,15-16H,2,7-8,11-12H2,(H,21,23)/t15-,16+/m0/s1. The molecule has 1 aromatic heterocycles. The maximum absolute atomic E-state index is 12.1. The number of benzene rings is 1. The minimum Gasteiger partial charge on any atom is -0.469 e. The van der Waals surface area contributed by atoms with E-state index in [4.69, 9.17) is 9.15 Å². The lowest BCUT2D eigenvalue weighted by Gasteiger charge is -2.16. The van der Waals surface area contributed by atoms with Crippen LogP contribution in [-0.2, 0) is 19.1 Å². The molecule has 0 spiro atoms. The van der Waals surface area contributed by atoms with E-state index in [9.17, 15) is 14.4 Å². The van der Waals surface area contributed by atoms with Gasteiger partial charge in [0.15, 0.2) is 6.61 Å². The largest absolute Gasteiger partial charge is 0.469 e. The molecule has 2 heterocycles. The van der Waals surface area contributed by atoms with Gasteiger partial charge in [-0.15, -0.1) is 0 Å². The normalized spacial score (nSPS) is 21.2. The molecule has 140 valence electrons. The van der Waals surface area contributed by atoms with Gasteiger partial charge in [0.2, 0.25) is 5.91 Å². The number of hydrogen-bond acceptors (Lipinski definition) is 5. The van der Waals surface area contributed by atoms with Gasteiger partial charge in [0.05, 0.1) is 12.2 Å². The zero-order chi connectivity index (χ0) is 18.8. The van der Waals surface area contributed by atoms with E-state index in [0.717, 1.165) is 17.9 Å². The fraction of sp³-hybridized carbons (Fsp3) is 0.350. The van der Waals surface area contributed by atoms with Crippen LogP contribution in [0, 0.1) is 5.92 Å². The summed E-state index contributed by atoms with van der Waals surface area (Å²) in [6.07, 6.45) is 3.64. The predicted molar refractivity (Wildman–Crippen MR) is 97.2 cm³/mol. The van der Waals surface area contributed by atoms with Gasteiger partial charge >= 0.3 is 5.97 Å². The first-order chi connectivity index (χ1) is 13.1. The third-order valence-electron chi connectivity index (χ3n) is 4.86. The maximum Gasteiger partial charge on any atom is 0.310 e. The number of furan rings is 1. The average molecular weight is 368 g/mol. The summed E-state index contributed by atoms with van der Waals surface area (Å²) in [6, 6.07) is 10.7. The Labute approximate surface area is 156 Å². The topological polar surface area (TPSA) is 88.8 Å². The first-order valence-corrected chi connectivity index (χ1v) is 9.02. The number of hydrogen-bond donors (Lipinski definition) is 1. The molecule has 0 bridgehead atoms. The van der Waals surface area contributed by atoms with Crippen molar-refractivity contribution in [3.05, 3.63) is 48.4 Å². The van der Waals surface area contributed by atoms with Gasteiger partial charge in [0.25, 0.3) is 5.91 Å². The number of anilines is 2. The highest BCUT2D eigenvalue weighted by molar-refractivity contribution is 5.97. The number of nitrogens with zero attached hydrogens (tertiary/aromatic N) is 1. The molecular weight excluding hydrogens is 348 g/mol. The molecule has 7 heteroatoms. The molecule has 1 N–H and O–H groups in total. The molecule has 2 atom stereocenters. The number of ether oxygens (including phenoxy) is 1. The van der Waals surface area contributed by atoms with Crippen LogP contribution in [0.5, 0.6) is 0 Å². The second-order valence-corrected chi connectivity index (χ2v) is 6.82. The first kappa shape index (κ1) is 17.3. The summed E-state index contributed by atoms with van der Waals surface area (Å²) in [4.78, 5) is 37.7. The van der Waals surface area contributed by atoms with E-state index in [1.54, 1.807) is 35.4 Å². The van der Waals surface area contributed by atoms with Gasteiger partial charge in [-0.1, -0.05) is 6.07 Å². The summed E-state index contributed by atoms with van der Waals surface area (Å²) >= 11 is 0. The number of rotatable bonds is 6. The van der Waals surface area contributed by atoms with Crippen molar-refractivity contribution in [3.8, 4) is 0 Å². The van der Waals surface area contributed by atoms with Gasteiger partial charge in [0.1, 0.15) is 5.76 Å². The van der Waals surface area contributed by atoms with Gasteiger partial charge in [0, 0.05) is 30.3 Å². The fourth-order valence-corrected chi connectivity index (χ4v) is 3.39. The van der Waals surface area contributed by atoms with Crippen molar-refractivity contribution in [1.29, 1.82) is 0 Å². The first-order valence-electron chi connectivity index (χ1n) is 9.02. The van der Waals surface area contributed by atoms with E-state index in [1.807, 2.05) is 12.1 Å². The molecule has 2 aromatic rings. The smallest absolute Gasteiger partial charge is 0.310 e. The van der Waals surface area contributed by atoms with Crippen molar-refractivity contribution in [2.24, 2.45) is 5.92 Å². The quantitative estimate of drug-likeness (QED) is 0.792. The van der Waals surface area contributed by atoms with Crippen molar-refractivity contribution in [2.45, 2.75) is 25.2 Å². The zero-order valence-electron chi connectivity index (χ0n) is 14.7. The van der Waals surface area contributed by atoms with Crippen LogP contribution < -0.4 is 10.2 Å². The number of carbonyl (C=O) groups excluding carboxylic acids is 3. The lowest BCUT2D eigenvalue weighted by atomic mass is 10.2. The summed E-state index contributed by atoms with van der Waals surface area (Å²) in [7, 11) is 0. The SMILES string of the molecule is O=C(COC(=O)[C@@H]1C[C@@H]1c1ccco1)Nc1cccc(N2CCCC2=O)c1. The maximum atomic E-state index is 12.1. The van der Waals surface area contributed by atoms with E-state index < -0.39 is 5.91 Å². The molecule has 1 saturated heterocycles. The third-order valence-corrected chi connectivity index (χ3v) is 4.86. The zero-order valence-corrected chi connectivity index (χ0v) is 14.7. The summed E-state index contributed by atoms with van der Waals surface area (Å²) in [5.41, 5.74) is 1.32. The van der Waals surface area contributed by atoms with Crippen molar-refractivity contribution in [1.82, 2.24) is 0 Å². The molecule has 1 aliphatic heterocycles. The monoisotopic (exact) mass is 368 g/mol. The summed E-state index contributed by atoms with van der Waals surface area (Å²) in [5, 5.41) is 2.70. The van der Waals surface area contributed by atoms with Crippen LogP contribution >= 0.6 is 0 Å². The van der Waals surface area contributed by atoms with E-state index in [0.29, 0.717) is 25.1 Å². The van der Waals surface area contributed by atoms with Gasteiger partial charge in [-0.3, -0.25) is 14.4 Å². The molecule has 27 heavy (non-hydrogen) atoms. The van der Waals surface area contributed by atoms with E-state index in [1.165, 1.54) is 0 Å². The molecule has 2 fully saturated rings. The number of amides is 2. The lowest BCUT2D eigenvalue weighted by Crippen LogP contribution is -2.24. The summed E-state index contributed by atoms with van der Waals surface area (Å²) < 4.78 is 10.4. The summed E-state index contributed by atoms with van der Waals surface area (Å²) in [6.45, 7) is 0.346. The number of nitrogens with one attached hydrogen (secondary N) is 1. The number of esters is 1. The van der Waals surface area contributed by atoms with Crippen LogP contribution in [0.3, 0.4) is 0 Å². The van der Waals surface area contributed by atoms with Gasteiger partial charge < -0.3 is 19.4 Å². The second kappa shape index (κ2) is 7.26. The van der Waals surface area contributed by atoms with Crippen LogP contribution in [0.1, 0.15) is 30.9 Å². The Hall–Kier alpha value is -3.09. The van der Waals surface area contributed by atoms with Crippen molar-refractivity contribution in [3.63, 3.8) is 0 Å². The van der Waals surface area contributed by atoms with Crippen LogP contribution in [0.4, 0.5) is 11.4 Å². The molecule has 2 aliphatic rings. The Morgan fingerprint density at radius 2 is 2.15 bits per heavy atom. The molecule has 0 radical (unpaired) electrons. The Bertz CT molecular complexity index is 861. The van der Waals surface area contributed by atoms with Crippen molar-refractivity contribution in [2.75, 3.05) is 23.4 Å². The van der Waals surface area contributed by atoms with E-state index in [-0.39, 0.29) is 30.3 Å². The van der Waals surface area contributed by atoms with Crippen LogP contribution in [0.2, 0.25) is 0 Å². The Morgan fingerprint density at radius 1 is 1.26 bits per heavy atom. The highest BCUT2D eigenvalue weighted by Gasteiger charge is 2.47. The Kier molecular flexibility index (Phi) is 4.66. The Morgan fingerprint density at radius 3 is 2.89 bits per heavy atom. The van der Waals surface area contributed by atoms with E-state index in [2.05, 4.69) is 5.32 Å². The van der Waals surface area contributed by atoms with Crippen LogP contribution in [-0.4, -0.2) is 30.9 Å². The summed E-state index contributed by atoms with van der Waals surface area (Å²) in [5.74, 6) is -0.136.